The molecule has 1 atom stereocenters. The van der Waals surface area contributed by atoms with Gasteiger partial charge < -0.3 is 25.0 Å². The van der Waals surface area contributed by atoms with Crippen molar-refractivity contribution in [2.75, 3.05) is 57.9 Å². The maximum atomic E-state index is 13.8. The van der Waals surface area contributed by atoms with E-state index in [-0.39, 0.29) is 35.9 Å². The van der Waals surface area contributed by atoms with Crippen LogP contribution in [0.4, 0.5) is 10.1 Å². The van der Waals surface area contributed by atoms with Gasteiger partial charge in [0.05, 0.1) is 18.4 Å². The molecule has 1 aromatic carbocycles. The maximum absolute atomic E-state index is 13.8. The Morgan fingerprint density at radius 1 is 1.32 bits per heavy atom. The molecule has 0 spiro atoms. The number of aliphatic imine (C=N–C) groups is 1. The molecule has 0 saturated carbocycles. The largest absolute Gasteiger partial charge is 0.379 e. The topological polar surface area (TPSA) is 58.1 Å². The SMILES string of the molecule is CCNC(=NCCCN(C)c1ccccc1F)NCCCOC1CCOC1.I. The zero-order valence-corrected chi connectivity index (χ0v) is 19.3. The average Bonchev–Trinajstić information content (AvgIpc) is 3.18. The number of hydrogen-bond donors (Lipinski definition) is 2. The number of nitrogens with one attached hydrogen (secondary N) is 2. The Balaban J connectivity index is 0.00000392. The number of nitrogens with zero attached hydrogens (tertiary/aromatic N) is 2. The van der Waals surface area contributed by atoms with Crippen molar-refractivity contribution in [1.82, 2.24) is 10.6 Å². The second-order valence-electron chi connectivity index (χ2n) is 6.62. The minimum atomic E-state index is -0.190. The fourth-order valence-corrected chi connectivity index (χ4v) is 2.90. The van der Waals surface area contributed by atoms with E-state index >= 15 is 0 Å². The van der Waals surface area contributed by atoms with Gasteiger partial charge >= 0.3 is 0 Å². The molecule has 0 aromatic heterocycles. The van der Waals surface area contributed by atoms with E-state index in [2.05, 4.69) is 15.6 Å². The predicted octanol–water partition coefficient (Wildman–Crippen LogP) is 3.02. The highest BCUT2D eigenvalue weighted by Crippen LogP contribution is 2.16. The summed E-state index contributed by atoms with van der Waals surface area (Å²) < 4.78 is 24.8. The van der Waals surface area contributed by atoms with E-state index in [4.69, 9.17) is 9.47 Å². The molecule has 1 aliphatic heterocycles. The van der Waals surface area contributed by atoms with E-state index in [9.17, 15) is 4.39 Å². The van der Waals surface area contributed by atoms with Crippen molar-refractivity contribution in [2.24, 2.45) is 4.99 Å². The van der Waals surface area contributed by atoms with Crippen LogP contribution >= 0.6 is 24.0 Å². The number of guanidine groups is 1. The molecule has 1 saturated heterocycles. The van der Waals surface area contributed by atoms with Crippen molar-refractivity contribution in [3.8, 4) is 0 Å². The molecule has 2 rings (SSSR count). The lowest BCUT2D eigenvalue weighted by molar-refractivity contribution is 0.0420. The number of ether oxygens (including phenoxy) is 2. The van der Waals surface area contributed by atoms with Crippen LogP contribution in [0.25, 0.3) is 0 Å². The number of para-hydroxylation sites is 1. The van der Waals surface area contributed by atoms with Crippen LogP contribution in [-0.2, 0) is 9.47 Å². The summed E-state index contributed by atoms with van der Waals surface area (Å²) >= 11 is 0. The van der Waals surface area contributed by atoms with Crippen LogP contribution in [0.1, 0.15) is 26.2 Å². The molecule has 8 heteroatoms. The Morgan fingerprint density at radius 3 is 2.86 bits per heavy atom. The predicted molar refractivity (Wildman–Crippen MR) is 123 cm³/mol. The molecule has 2 N–H and O–H groups in total. The second kappa shape index (κ2) is 14.8. The minimum absolute atomic E-state index is 0. The van der Waals surface area contributed by atoms with Crippen LogP contribution in [0.2, 0.25) is 0 Å². The van der Waals surface area contributed by atoms with Gasteiger partial charge in [-0.1, -0.05) is 12.1 Å². The van der Waals surface area contributed by atoms with Crippen molar-refractivity contribution in [3.63, 3.8) is 0 Å². The number of rotatable bonds is 11. The molecule has 1 unspecified atom stereocenters. The summed E-state index contributed by atoms with van der Waals surface area (Å²) in [7, 11) is 1.90. The van der Waals surface area contributed by atoms with E-state index in [1.807, 2.05) is 24.9 Å². The lowest BCUT2D eigenvalue weighted by atomic mass is 10.2. The van der Waals surface area contributed by atoms with E-state index in [1.165, 1.54) is 6.07 Å². The number of anilines is 1. The summed E-state index contributed by atoms with van der Waals surface area (Å²) in [5.41, 5.74) is 0.624. The highest BCUT2D eigenvalue weighted by molar-refractivity contribution is 14.0. The summed E-state index contributed by atoms with van der Waals surface area (Å²) in [6.07, 6.45) is 3.04. The zero-order chi connectivity index (χ0) is 19.3. The van der Waals surface area contributed by atoms with E-state index < -0.39 is 0 Å². The first-order valence-electron chi connectivity index (χ1n) is 9.88. The Kier molecular flexibility index (Phi) is 13.2. The number of benzene rings is 1. The van der Waals surface area contributed by atoms with Gasteiger partial charge in [0.2, 0.25) is 0 Å². The molecular formula is C20H34FIN4O2. The molecule has 1 heterocycles. The quantitative estimate of drug-likeness (QED) is 0.208. The maximum Gasteiger partial charge on any atom is 0.191 e. The van der Waals surface area contributed by atoms with Crippen molar-refractivity contribution < 1.29 is 13.9 Å². The highest BCUT2D eigenvalue weighted by atomic mass is 127. The number of halogens is 2. The highest BCUT2D eigenvalue weighted by Gasteiger charge is 2.15. The van der Waals surface area contributed by atoms with Gasteiger partial charge in [-0.25, -0.2) is 4.39 Å². The third-order valence-electron chi connectivity index (χ3n) is 4.38. The molecule has 0 bridgehead atoms. The molecule has 0 aliphatic carbocycles. The van der Waals surface area contributed by atoms with E-state index in [1.54, 1.807) is 12.1 Å². The summed E-state index contributed by atoms with van der Waals surface area (Å²) in [5.74, 6) is 0.625. The van der Waals surface area contributed by atoms with E-state index in [0.717, 1.165) is 64.7 Å². The lowest BCUT2D eigenvalue weighted by Crippen LogP contribution is -2.38. The van der Waals surface area contributed by atoms with Crippen molar-refractivity contribution in [2.45, 2.75) is 32.3 Å². The van der Waals surface area contributed by atoms with Gasteiger partial charge in [-0.3, -0.25) is 4.99 Å². The van der Waals surface area contributed by atoms with Gasteiger partial charge in [0.15, 0.2) is 5.96 Å². The molecular weight excluding hydrogens is 474 g/mol. The number of hydrogen-bond acceptors (Lipinski definition) is 4. The summed E-state index contributed by atoms with van der Waals surface area (Å²) in [6, 6.07) is 6.84. The Hall–Kier alpha value is -1.13. The van der Waals surface area contributed by atoms with Crippen molar-refractivity contribution >= 4 is 35.6 Å². The van der Waals surface area contributed by atoms with Crippen LogP contribution in [-0.4, -0.2) is 65.1 Å². The molecule has 1 fully saturated rings. The van der Waals surface area contributed by atoms with Crippen molar-refractivity contribution in [3.05, 3.63) is 30.1 Å². The smallest absolute Gasteiger partial charge is 0.191 e. The Bertz CT molecular complexity index is 571. The van der Waals surface area contributed by atoms with Gasteiger partial charge in [-0.2, -0.15) is 0 Å². The van der Waals surface area contributed by atoms with Gasteiger partial charge in [0.1, 0.15) is 5.82 Å². The molecule has 0 radical (unpaired) electrons. The summed E-state index contributed by atoms with van der Waals surface area (Å²) in [5, 5.41) is 6.58. The summed E-state index contributed by atoms with van der Waals surface area (Å²) in [6.45, 7) is 7.38. The molecule has 28 heavy (non-hydrogen) atoms. The molecule has 1 aliphatic rings. The van der Waals surface area contributed by atoms with Crippen LogP contribution in [0.3, 0.4) is 0 Å². The summed E-state index contributed by atoms with van der Waals surface area (Å²) in [4.78, 5) is 6.52. The standard InChI is InChI=1S/C20H33FN4O2.HI/c1-3-22-20(24-12-7-14-27-17-10-15-26-16-17)23-11-6-13-25(2)19-9-5-4-8-18(19)21;/h4-5,8-9,17H,3,6-7,10-16H2,1-2H3,(H2,22,23,24);1H. The van der Waals surface area contributed by atoms with Crippen LogP contribution in [0, 0.1) is 5.82 Å². The third kappa shape index (κ3) is 9.38. The van der Waals surface area contributed by atoms with E-state index in [0.29, 0.717) is 12.2 Å². The first kappa shape index (κ1) is 24.9. The Labute approximate surface area is 185 Å². The average molecular weight is 508 g/mol. The van der Waals surface area contributed by atoms with Crippen molar-refractivity contribution in [1.29, 1.82) is 0 Å². The monoisotopic (exact) mass is 508 g/mol. The second-order valence-corrected chi connectivity index (χ2v) is 6.62. The lowest BCUT2D eigenvalue weighted by Gasteiger charge is -2.19. The Morgan fingerprint density at radius 2 is 2.14 bits per heavy atom. The molecule has 0 amide bonds. The van der Waals surface area contributed by atoms with Gasteiger partial charge in [-0.15, -0.1) is 24.0 Å². The van der Waals surface area contributed by atoms with Gasteiger partial charge in [-0.05, 0) is 38.3 Å². The fraction of sp³-hybridized carbons (Fsp3) is 0.650. The third-order valence-corrected chi connectivity index (χ3v) is 4.38. The van der Waals surface area contributed by atoms with Gasteiger partial charge in [0, 0.05) is 46.4 Å². The first-order chi connectivity index (χ1) is 13.2. The van der Waals surface area contributed by atoms with Gasteiger partial charge in [0.25, 0.3) is 0 Å². The molecule has 160 valence electrons. The minimum Gasteiger partial charge on any atom is -0.379 e. The van der Waals surface area contributed by atoms with Crippen LogP contribution in [0.5, 0.6) is 0 Å². The van der Waals surface area contributed by atoms with Crippen LogP contribution < -0.4 is 15.5 Å². The van der Waals surface area contributed by atoms with Crippen LogP contribution in [0.15, 0.2) is 29.3 Å². The molecule has 6 nitrogen and oxygen atoms in total. The molecule has 1 aromatic rings. The first-order valence-corrected chi connectivity index (χ1v) is 9.88. The zero-order valence-electron chi connectivity index (χ0n) is 17.0. The fourth-order valence-electron chi connectivity index (χ4n) is 2.90. The normalized spacial score (nSPS) is 16.5.